The third-order valence-electron chi connectivity index (χ3n) is 4.51. The first kappa shape index (κ1) is 22.7. The van der Waals surface area contributed by atoms with Gasteiger partial charge in [-0.2, -0.15) is 0 Å². The normalized spacial score (nSPS) is 14.4. The summed E-state index contributed by atoms with van der Waals surface area (Å²) in [5.41, 5.74) is 0.822. The van der Waals surface area contributed by atoms with Crippen LogP contribution in [0.25, 0.3) is 0 Å². The van der Waals surface area contributed by atoms with E-state index in [1.807, 2.05) is 35.2 Å². The molecule has 28 heavy (non-hydrogen) atoms. The average Bonchev–Trinajstić information content (AvgIpc) is 2.67. The molecule has 154 valence electrons. The number of sulfone groups is 1. The first-order chi connectivity index (χ1) is 13.2. The van der Waals surface area contributed by atoms with Crippen molar-refractivity contribution in [3.05, 3.63) is 35.9 Å². The molecule has 0 bridgehead atoms. The molecule has 1 aliphatic rings. The summed E-state index contributed by atoms with van der Waals surface area (Å²) in [6.45, 7) is 1.65. The standard InChI is InChI=1S/C19H27N3O3S3/c1-20(18(26)16-9-5-3-6-10-16)13-17(23)14-28(24,25)15-21(2)19(27)22-11-7-4-8-12-22/h3,5-6,9-10H,4,7-8,11-15H2,1-2H3. The molecule has 2 rings (SSSR count). The molecular weight excluding hydrogens is 414 g/mol. The zero-order chi connectivity index (χ0) is 20.7. The quantitative estimate of drug-likeness (QED) is 0.595. The number of Topliss-reactive ketones (excluding diaryl/α,β-unsaturated/α-hetero) is 1. The van der Waals surface area contributed by atoms with Gasteiger partial charge in [-0.15, -0.1) is 0 Å². The van der Waals surface area contributed by atoms with Crippen LogP contribution in [0.4, 0.5) is 0 Å². The average molecular weight is 442 g/mol. The van der Waals surface area contributed by atoms with E-state index < -0.39 is 21.4 Å². The van der Waals surface area contributed by atoms with Gasteiger partial charge in [0, 0.05) is 32.7 Å². The van der Waals surface area contributed by atoms with Gasteiger partial charge in [0.05, 0.1) is 6.54 Å². The van der Waals surface area contributed by atoms with E-state index in [0.29, 0.717) is 10.1 Å². The van der Waals surface area contributed by atoms with Crippen molar-refractivity contribution in [3.8, 4) is 0 Å². The van der Waals surface area contributed by atoms with Crippen LogP contribution in [0.2, 0.25) is 0 Å². The molecule has 0 atom stereocenters. The van der Waals surface area contributed by atoms with Crippen LogP contribution in [0.1, 0.15) is 24.8 Å². The molecule has 9 heteroatoms. The molecule has 1 aromatic carbocycles. The van der Waals surface area contributed by atoms with E-state index in [9.17, 15) is 13.2 Å². The topological polar surface area (TPSA) is 60.9 Å². The van der Waals surface area contributed by atoms with Crippen LogP contribution in [0.3, 0.4) is 0 Å². The molecule has 0 aromatic heterocycles. The van der Waals surface area contributed by atoms with Crippen molar-refractivity contribution in [1.82, 2.24) is 14.7 Å². The Labute approximate surface area is 178 Å². The van der Waals surface area contributed by atoms with Gasteiger partial charge in [-0.1, -0.05) is 42.5 Å². The molecule has 1 aromatic rings. The number of likely N-dealkylation sites (N-methyl/N-ethyl adjacent to an activating group) is 1. The maximum atomic E-state index is 12.5. The number of carbonyl (C=O) groups excluding carboxylic acids is 1. The van der Waals surface area contributed by atoms with Crippen molar-refractivity contribution in [2.75, 3.05) is 45.4 Å². The Balaban J connectivity index is 1.87. The first-order valence-corrected chi connectivity index (χ1v) is 11.9. The number of thiocarbonyl (C=S) groups is 2. The molecule has 0 N–H and O–H groups in total. The van der Waals surface area contributed by atoms with E-state index >= 15 is 0 Å². The molecular formula is C19H27N3O3S3. The van der Waals surface area contributed by atoms with Gasteiger partial charge in [0.25, 0.3) is 0 Å². The predicted octanol–water partition coefficient (Wildman–Crippen LogP) is 1.94. The lowest BCUT2D eigenvalue weighted by atomic mass is 10.1. The minimum Gasteiger partial charge on any atom is -0.358 e. The molecule has 0 radical (unpaired) electrons. The summed E-state index contributed by atoms with van der Waals surface area (Å²) in [6.07, 6.45) is 3.30. The van der Waals surface area contributed by atoms with Crippen molar-refractivity contribution in [1.29, 1.82) is 0 Å². The highest BCUT2D eigenvalue weighted by molar-refractivity contribution is 7.92. The Morgan fingerprint density at radius 3 is 2.25 bits per heavy atom. The number of likely N-dealkylation sites (tertiary alicyclic amines) is 1. The Morgan fingerprint density at radius 2 is 1.64 bits per heavy atom. The lowest BCUT2D eigenvalue weighted by molar-refractivity contribution is -0.116. The molecule has 0 spiro atoms. The van der Waals surface area contributed by atoms with Crippen LogP contribution in [0.15, 0.2) is 30.3 Å². The molecule has 0 amide bonds. The van der Waals surface area contributed by atoms with Crippen LogP contribution in [0.5, 0.6) is 0 Å². The summed E-state index contributed by atoms with van der Waals surface area (Å²) < 4.78 is 24.9. The maximum Gasteiger partial charge on any atom is 0.175 e. The van der Waals surface area contributed by atoms with Gasteiger partial charge in [0.15, 0.2) is 20.7 Å². The fourth-order valence-electron chi connectivity index (χ4n) is 3.15. The smallest absolute Gasteiger partial charge is 0.175 e. The lowest BCUT2D eigenvalue weighted by Gasteiger charge is -2.33. The van der Waals surface area contributed by atoms with Crippen molar-refractivity contribution >= 4 is 50.2 Å². The number of piperidine rings is 1. The van der Waals surface area contributed by atoms with Gasteiger partial charge in [0.1, 0.15) is 16.6 Å². The molecule has 0 unspecified atom stereocenters. The van der Waals surface area contributed by atoms with Crippen molar-refractivity contribution in [3.63, 3.8) is 0 Å². The third kappa shape index (κ3) is 6.79. The molecule has 1 fully saturated rings. The predicted molar refractivity (Wildman–Crippen MR) is 120 cm³/mol. The van der Waals surface area contributed by atoms with Crippen molar-refractivity contribution < 1.29 is 13.2 Å². The molecule has 6 nitrogen and oxygen atoms in total. The van der Waals surface area contributed by atoms with Crippen LogP contribution in [0, 0.1) is 0 Å². The summed E-state index contributed by atoms with van der Waals surface area (Å²) in [5, 5.41) is 0.526. The van der Waals surface area contributed by atoms with E-state index in [-0.39, 0.29) is 12.4 Å². The van der Waals surface area contributed by atoms with E-state index in [4.69, 9.17) is 24.4 Å². The summed E-state index contributed by atoms with van der Waals surface area (Å²) >= 11 is 10.8. The largest absolute Gasteiger partial charge is 0.358 e. The van der Waals surface area contributed by atoms with Gasteiger partial charge in [0.2, 0.25) is 0 Å². The molecule has 0 aliphatic carbocycles. The van der Waals surface area contributed by atoms with Crippen molar-refractivity contribution in [2.24, 2.45) is 0 Å². The molecule has 0 saturated carbocycles. The number of carbonyl (C=O) groups is 1. The monoisotopic (exact) mass is 441 g/mol. The molecule has 1 aliphatic heterocycles. The lowest BCUT2D eigenvalue weighted by Crippen LogP contribution is -2.46. The number of ketones is 1. The summed E-state index contributed by atoms with van der Waals surface area (Å²) in [4.78, 5) is 18.0. The zero-order valence-electron chi connectivity index (χ0n) is 16.3. The fraction of sp³-hybridized carbons (Fsp3) is 0.526. The fourth-order valence-corrected chi connectivity index (χ4v) is 5.07. The summed E-state index contributed by atoms with van der Waals surface area (Å²) in [6, 6.07) is 9.33. The van der Waals surface area contributed by atoms with E-state index in [0.717, 1.165) is 31.5 Å². The summed E-state index contributed by atoms with van der Waals surface area (Å²) in [7, 11) is -0.253. The second kappa shape index (κ2) is 10.3. The number of rotatable bonds is 7. The molecule has 1 heterocycles. The van der Waals surface area contributed by atoms with Gasteiger partial charge in [-0.3, -0.25) is 4.79 Å². The number of benzene rings is 1. The highest BCUT2D eigenvalue weighted by Crippen LogP contribution is 2.12. The Bertz CT molecular complexity index is 806. The SMILES string of the molecule is CN(CC(=O)CS(=O)(=O)CN(C)C(=S)N1CCCCC1)C(=S)c1ccccc1. The van der Waals surface area contributed by atoms with Gasteiger partial charge in [-0.25, -0.2) is 8.42 Å². The number of hydrogen-bond donors (Lipinski definition) is 0. The zero-order valence-corrected chi connectivity index (χ0v) is 18.8. The van der Waals surface area contributed by atoms with E-state index in [1.165, 1.54) is 6.42 Å². The van der Waals surface area contributed by atoms with Crippen LogP contribution in [-0.2, 0) is 14.6 Å². The Kier molecular flexibility index (Phi) is 8.33. The highest BCUT2D eigenvalue weighted by Gasteiger charge is 2.24. The van der Waals surface area contributed by atoms with Crippen molar-refractivity contribution in [2.45, 2.75) is 19.3 Å². The van der Waals surface area contributed by atoms with Gasteiger partial charge in [-0.05, 0) is 31.5 Å². The minimum absolute atomic E-state index is 0.0484. The van der Waals surface area contributed by atoms with Crippen LogP contribution in [-0.4, -0.2) is 84.4 Å². The van der Waals surface area contributed by atoms with E-state index in [1.54, 1.807) is 23.9 Å². The second-order valence-electron chi connectivity index (χ2n) is 7.11. The van der Waals surface area contributed by atoms with Gasteiger partial charge < -0.3 is 14.7 Å². The van der Waals surface area contributed by atoms with Gasteiger partial charge >= 0.3 is 0 Å². The van der Waals surface area contributed by atoms with E-state index in [2.05, 4.69) is 0 Å². The summed E-state index contributed by atoms with van der Waals surface area (Å²) in [5.74, 6) is -1.18. The second-order valence-corrected chi connectivity index (χ2v) is 9.90. The Hall–Kier alpha value is -1.58. The first-order valence-electron chi connectivity index (χ1n) is 9.22. The minimum atomic E-state index is -3.61. The maximum absolute atomic E-state index is 12.5. The highest BCUT2D eigenvalue weighted by atomic mass is 32.2. The third-order valence-corrected chi connectivity index (χ3v) is 7.17. The van der Waals surface area contributed by atoms with Crippen LogP contribution >= 0.6 is 24.4 Å². The molecule has 1 saturated heterocycles. The van der Waals surface area contributed by atoms with Crippen LogP contribution < -0.4 is 0 Å². The number of hydrogen-bond acceptors (Lipinski definition) is 5. The Morgan fingerprint density at radius 1 is 1.04 bits per heavy atom. The number of nitrogens with zero attached hydrogens (tertiary/aromatic N) is 3.